The SMILES string of the molecule is Cc1cc2ncc(C(=O)N3CCC[C@@H]3c3ccco3)c(=O)n2[nH]1. The summed E-state index contributed by atoms with van der Waals surface area (Å²) in [5.74, 6) is 0.448. The van der Waals surface area contributed by atoms with Crippen molar-refractivity contribution in [1.29, 1.82) is 0 Å². The summed E-state index contributed by atoms with van der Waals surface area (Å²) in [5.41, 5.74) is 1.02. The third-order valence-corrected chi connectivity index (χ3v) is 4.24. The summed E-state index contributed by atoms with van der Waals surface area (Å²) in [5, 5.41) is 2.90. The fourth-order valence-corrected chi connectivity index (χ4v) is 3.17. The van der Waals surface area contributed by atoms with Gasteiger partial charge in [0, 0.05) is 24.5 Å². The van der Waals surface area contributed by atoms with Gasteiger partial charge >= 0.3 is 0 Å². The zero-order valence-electron chi connectivity index (χ0n) is 12.7. The Kier molecular flexibility index (Phi) is 3.07. The maximum absolute atomic E-state index is 12.8. The third-order valence-electron chi connectivity index (χ3n) is 4.24. The molecule has 23 heavy (non-hydrogen) atoms. The second kappa shape index (κ2) is 5.12. The van der Waals surface area contributed by atoms with E-state index < -0.39 is 0 Å². The first-order valence-electron chi connectivity index (χ1n) is 7.57. The van der Waals surface area contributed by atoms with E-state index >= 15 is 0 Å². The molecule has 0 spiro atoms. The molecule has 0 unspecified atom stereocenters. The van der Waals surface area contributed by atoms with Crippen LogP contribution in [0.5, 0.6) is 0 Å². The van der Waals surface area contributed by atoms with Crippen LogP contribution < -0.4 is 5.56 Å². The maximum atomic E-state index is 12.8. The topological polar surface area (TPSA) is 83.6 Å². The Morgan fingerprint density at radius 1 is 1.48 bits per heavy atom. The Hall–Kier alpha value is -2.83. The summed E-state index contributed by atoms with van der Waals surface area (Å²) < 4.78 is 6.74. The number of nitrogens with one attached hydrogen (secondary N) is 1. The second-order valence-corrected chi connectivity index (χ2v) is 5.78. The predicted molar refractivity (Wildman–Crippen MR) is 82.3 cm³/mol. The minimum Gasteiger partial charge on any atom is -0.467 e. The number of hydrogen-bond acceptors (Lipinski definition) is 4. The molecule has 1 aliphatic rings. The van der Waals surface area contributed by atoms with Gasteiger partial charge in [-0.1, -0.05) is 0 Å². The first-order chi connectivity index (χ1) is 11.1. The Morgan fingerprint density at radius 3 is 3.13 bits per heavy atom. The molecule has 1 N–H and O–H groups in total. The van der Waals surface area contributed by atoms with Crippen molar-refractivity contribution in [2.75, 3.05) is 6.54 Å². The van der Waals surface area contributed by atoms with Crippen molar-refractivity contribution in [2.24, 2.45) is 0 Å². The maximum Gasteiger partial charge on any atom is 0.285 e. The van der Waals surface area contributed by atoms with Crippen LogP contribution >= 0.6 is 0 Å². The van der Waals surface area contributed by atoms with Crippen molar-refractivity contribution < 1.29 is 9.21 Å². The molecule has 0 aromatic carbocycles. The summed E-state index contributed by atoms with van der Waals surface area (Å²) in [6.45, 7) is 2.44. The van der Waals surface area contributed by atoms with Crippen LogP contribution in [0.4, 0.5) is 0 Å². The smallest absolute Gasteiger partial charge is 0.285 e. The molecular formula is C16H16N4O3. The monoisotopic (exact) mass is 312 g/mol. The lowest BCUT2D eigenvalue weighted by molar-refractivity contribution is 0.0717. The van der Waals surface area contributed by atoms with Crippen LogP contribution in [-0.4, -0.2) is 31.9 Å². The van der Waals surface area contributed by atoms with E-state index in [1.807, 2.05) is 13.0 Å². The van der Waals surface area contributed by atoms with E-state index in [1.165, 1.54) is 10.7 Å². The Morgan fingerprint density at radius 2 is 2.35 bits per heavy atom. The van der Waals surface area contributed by atoms with Crippen LogP contribution in [0.3, 0.4) is 0 Å². The van der Waals surface area contributed by atoms with Gasteiger partial charge in [0.05, 0.1) is 12.3 Å². The quantitative estimate of drug-likeness (QED) is 0.783. The lowest BCUT2D eigenvalue weighted by atomic mass is 10.1. The molecule has 1 atom stereocenters. The molecule has 0 radical (unpaired) electrons. The van der Waals surface area contributed by atoms with Crippen molar-refractivity contribution >= 4 is 11.6 Å². The third kappa shape index (κ3) is 2.16. The van der Waals surface area contributed by atoms with Gasteiger partial charge in [0.25, 0.3) is 11.5 Å². The van der Waals surface area contributed by atoms with Gasteiger partial charge in [0.15, 0.2) is 5.65 Å². The number of H-pyrrole nitrogens is 1. The number of hydrogen-bond donors (Lipinski definition) is 1. The first-order valence-corrected chi connectivity index (χ1v) is 7.57. The number of rotatable bonds is 2. The molecule has 0 aliphatic carbocycles. The van der Waals surface area contributed by atoms with E-state index in [9.17, 15) is 9.59 Å². The van der Waals surface area contributed by atoms with Gasteiger partial charge in [-0.2, -0.15) is 0 Å². The molecule has 118 valence electrons. The largest absolute Gasteiger partial charge is 0.467 e. The molecule has 0 saturated carbocycles. The van der Waals surface area contributed by atoms with Gasteiger partial charge < -0.3 is 9.32 Å². The minimum atomic E-state index is -0.377. The number of likely N-dealkylation sites (tertiary alicyclic amines) is 1. The van der Waals surface area contributed by atoms with Crippen LogP contribution in [0.1, 0.15) is 40.7 Å². The number of aromatic amines is 1. The average Bonchev–Trinajstić information content (AvgIpc) is 3.26. The number of fused-ring (bicyclic) bond motifs is 1. The average molecular weight is 312 g/mol. The highest BCUT2D eigenvalue weighted by Gasteiger charge is 2.33. The van der Waals surface area contributed by atoms with Crippen molar-refractivity contribution in [3.63, 3.8) is 0 Å². The normalized spacial score (nSPS) is 18.0. The highest BCUT2D eigenvalue weighted by atomic mass is 16.3. The Labute approximate surface area is 131 Å². The molecule has 0 bridgehead atoms. The van der Waals surface area contributed by atoms with E-state index in [1.54, 1.807) is 23.3 Å². The highest BCUT2D eigenvalue weighted by molar-refractivity contribution is 5.94. The summed E-state index contributed by atoms with van der Waals surface area (Å²) in [4.78, 5) is 31.3. The molecular weight excluding hydrogens is 296 g/mol. The number of carbonyl (C=O) groups is 1. The van der Waals surface area contributed by atoms with Crippen LogP contribution in [0, 0.1) is 6.92 Å². The first kappa shape index (κ1) is 13.8. The molecule has 4 heterocycles. The predicted octanol–water partition coefficient (Wildman–Crippen LogP) is 1.90. The number of carbonyl (C=O) groups excluding carboxylic acids is 1. The van der Waals surface area contributed by atoms with Crippen LogP contribution in [0.2, 0.25) is 0 Å². The molecule has 1 amide bonds. The van der Waals surface area contributed by atoms with Crippen LogP contribution in [0.25, 0.3) is 5.65 Å². The Bertz CT molecular complexity index is 923. The Balaban J connectivity index is 1.74. The summed E-state index contributed by atoms with van der Waals surface area (Å²) in [7, 11) is 0. The van der Waals surface area contributed by atoms with E-state index in [4.69, 9.17) is 4.42 Å². The van der Waals surface area contributed by atoms with Crippen molar-refractivity contribution in [1.82, 2.24) is 19.5 Å². The van der Waals surface area contributed by atoms with E-state index in [2.05, 4.69) is 10.1 Å². The summed E-state index contributed by atoms with van der Waals surface area (Å²) in [6.07, 6.45) is 4.68. The van der Waals surface area contributed by atoms with E-state index in [0.29, 0.717) is 12.2 Å². The highest BCUT2D eigenvalue weighted by Crippen LogP contribution is 2.32. The molecule has 4 rings (SSSR count). The molecule has 7 heteroatoms. The molecule has 7 nitrogen and oxygen atoms in total. The van der Waals surface area contributed by atoms with E-state index in [0.717, 1.165) is 24.3 Å². The number of nitrogens with zero attached hydrogens (tertiary/aromatic N) is 3. The second-order valence-electron chi connectivity index (χ2n) is 5.78. The lowest BCUT2D eigenvalue weighted by Gasteiger charge is -2.22. The summed E-state index contributed by atoms with van der Waals surface area (Å²) >= 11 is 0. The van der Waals surface area contributed by atoms with Crippen molar-refractivity contribution in [3.8, 4) is 0 Å². The minimum absolute atomic E-state index is 0.0720. The van der Waals surface area contributed by atoms with Crippen molar-refractivity contribution in [2.45, 2.75) is 25.8 Å². The zero-order valence-corrected chi connectivity index (χ0v) is 12.7. The fraction of sp³-hybridized carbons (Fsp3) is 0.312. The molecule has 3 aromatic heterocycles. The van der Waals surface area contributed by atoms with Gasteiger partial charge in [0.2, 0.25) is 0 Å². The number of amides is 1. The van der Waals surface area contributed by atoms with Gasteiger partial charge in [-0.05, 0) is 31.9 Å². The lowest BCUT2D eigenvalue weighted by Crippen LogP contribution is -2.35. The van der Waals surface area contributed by atoms with Crippen molar-refractivity contribution in [3.05, 3.63) is 58.0 Å². The zero-order chi connectivity index (χ0) is 16.0. The fourth-order valence-electron chi connectivity index (χ4n) is 3.17. The molecule has 1 saturated heterocycles. The number of aromatic nitrogens is 3. The van der Waals surface area contributed by atoms with Gasteiger partial charge in [-0.15, -0.1) is 0 Å². The molecule has 1 fully saturated rings. The van der Waals surface area contributed by atoms with Gasteiger partial charge in [0.1, 0.15) is 11.3 Å². The number of furan rings is 1. The number of aryl methyl sites for hydroxylation is 1. The molecule has 1 aliphatic heterocycles. The van der Waals surface area contributed by atoms with Gasteiger partial charge in [-0.25, -0.2) is 9.50 Å². The van der Waals surface area contributed by atoms with E-state index in [-0.39, 0.29) is 23.1 Å². The van der Waals surface area contributed by atoms with Crippen LogP contribution in [0.15, 0.2) is 39.9 Å². The standard InChI is InChI=1S/C16H16N4O3/c1-10-8-14-17-9-11(16(22)20(14)18-10)15(21)19-6-2-4-12(19)13-5-3-7-23-13/h3,5,7-9,12,18H,2,4,6H2,1H3/t12-/m1/s1. The summed E-state index contributed by atoms with van der Waals surface area (Å²) in [6, 6.07) is 5.30. The van der Waals surface area contributed by atoms with Gasteiger partial charge in [-0.3, -0.25) is 14.7 Å². The van der Waals surface area contributed by atoms with Crippen LogP contribution in [-0.2, 0) is 0 Å². The molecule has 3 aromatic rings.